The zero-order valence-electron chi connectivity index (χ0n) is 19.7. The predicted molar refractivity (Wildman–Crippen MR) is 135 cm³/mol. The number of methoxy groups -OCH3 is 1. The van der Waals surface area contributed by atoms with Gasteiger partial charge in [-0.15, -0.1) is 28.1 Å². The van der Waals surface area contributed by atoms with Gasteiger partial charge in [0.2, 0.25) is 5.91 Å². The van der Waals surface area contributed by atoms with E-state index in [1.54, 1.807) is 20.1 Å². The van der Waals surface area contributed by atoms with Crippen LogP contribution >= 0.6 is 23.1 Å². The molecule has 0 aliphatic heterocycles. The van der Waals surface area contributed by atoms with Gasteiger partial charge in [0.05, 0.1) is 25.0 Å². The molecule has 1 amide bonds. The average Bonchev–Trinajstić information content (AvgIpc) is 3.32. The highest BCUT2D eigenvalue weighted by Crippen LogP contribution is 2.33. The summed E-state index contributed by atoms with van der Waals surface area (Å²) in [6.07, 6.45) is 2.36. The third kappa shape index (κ3) is 6.06. The van der Waals surface area contributed by atoms with Crippen LogP contribution in [-0.2, 0) is 22.5 Å². The summed E-state index contributed by atoms with van der Waals surface area (Å²) in [6.45, 7) is 10.1. The fourth-order valence-electron chi connectivity index (χ4n) is 3.25. The van der Waals surface area contributed by atoms with Crippen molar-refractivity contribution in [3.8, 4) is 5.75 Å². The van der Waals surface area contributed by atoms with E-state index in [9.17, 15) is 9.59 Å². The number of thioether (sulfide) groups is 1. The van der Waals surface area contributed by atoms with Gasteiger partial charge in [-0.05, 0) is 44.0 Å². The highest BCUT2D eigenvalue weighted by molar-refractivity contribution is 7.99. The molecule has 2 aromatic heterocycles. The second kappa shape index (κ2) is 11.8. The molecule has 2 heterocycles. The molecule has 10 heteroatoms. The van der Waals surface area contributed by atoms with Crippen molar-refractivity contribution in [2.24, 2.45) is 0 Å². The molecule has 0 aliphatic carbocycles. The fourth-order valence-corrected chi connectivity index (χ4v) is 5.08. The van der Waals surface area contributed by atoms with Crippen LogP contribution in [0.2, 0.25) is 0 Å². The van der Waals surface area contributed by atoms with E-state index < -0.39 is 5.97 Å². The average molecular weight is 501 g/mol. The van der Waals surface area contributed by atoms with E-state index in [0.29, 0.717) is 28.7 Å². The number of thiophene rings is 1. The van der Waals surface area contributed by atoms with Crippen molar-refractivity contribution in [1.82, 2.24) is 14.8 Å². The number of hydrogen-bond donors (Lipinski definition) is 1. The first-order chi connectivity index (χ1) is 16.4. The number of allylic oxidation sites excluding steroid dienone is 1. The van der Waals surface area contributed by atoms with E-state index >= 15 is 0 Å². The minimum absolute atomic E-state index is 0.121. The van der Waals surface area contributed by atoms with Crippen molar-refractivity contribution in [3.63, 3.8) is 0 Å². The number of hydrogen-bond acceptors (Lipinski definition) is 8. The van der Waals surface area contributed by atoms with Gasteiger partial charge in [-0.3, -0.25) is 4.79 Å². The first-order valence-corrected chi connectivity index (χ1v) is 12.5. The van der Waals surface area contributed by atoms with Crippen LogP contribution in [0, 0.1) is 13.8 Å². The molecule has 3 aromatic rings. The monoisotopic (exact) mass is 500 g/mol. The number of aromatic nitrogens is 3. The van der Waals surface area contributed by atoms with Gasteiger partial charge in [-0.1, -0.05) is 30.0 Å². The Morgan fingerprint density at radius 2 is 1.97 bits per heavy atom. The SMILES string of the molecule is C=CCn1c(Cc2ccc(OC)cc2)nnc1SCC(=O)Nc1sc(C)c(C)c1C(=O)OCC. The van der Waals surface area contributed by atoms with Crippen molar-refractivity contribution >= 4 is 40.0 Å². The number of benzene rings is 1. The maximum absolute atomic E-state index is 12.7. The molecule has 1 N–H and O–H groups in total. The van der Waals surface area contributed by atoms with Gasteiger partial charge in [0.25, 0.3) is 0 Å². The van der Waals surface area contributed by atoms with E-state index in [4.69, 9.17) is 9.47 Å². The molecule has 34 heavy (non-hydrogen) atoms. The standard InChI is InChI=1S/C24H28N4O4S2/c1-6-12-28-19(13-17-8-10-18(31-5)11-9-17)26-27-24(28)33-14-20(29)25-22-21(23(30)32-7-2)15(3)16(4)34-22/h6,8-11H,1,7,12-14H2,2-5H3,(H,25,29). The molecule has 0 saturated carbocycles. The van der Waals surface area contributed by atoms with E-state index in [1.807, 2.05) is 42.7 Å². The van der Waals surface area contributed by atoms with Crippen LogP contribution in [0.3, 0.4) is 0 Å². The van der Waals surface area contributed by atoms with Gasteiger partial charge in [-0.2, -0.15) is 0 Å². The van der Waals surface area contributed by atoms with Crippen LogP contribution in [0.15, 0.2) is 42.1 Å². The smallest absolute Gasteiger partial charge is 0.341 e. The number of aryl methyl sites for hydroxylation is 1. The van der Waals surface area contributed by atoms with Crippen LogP contribution in [0.4, 0.5) is 5.00 Å². The van der Waals surface area contributed by atoms with Crippen molar-refractivity contribution in [1.29, 1.82) is 0 Å². The fraction of sp³-hybridized carbons (Fsp3) is 0.333. The Bertz CT molecular complexity index is 1170. The molecule has 1 aromatic carbocycles. The Morgan fingerprint density at radius 3 is 2.62 bits per heavy atom. The van der Waals surface area contributed by atoms with Crippen molar-refractivity contribution in [2.45, 2.75) is 38.9 Å². The molecular formula is C24H28N4O4S2. The minimum Gasteiger partial charge on any atom is -0.497 e. The van der Waals surface area contributed by atoms with Crippen LogP contribution in [-0.4, -0.2) is 46.1 Å². The first kappa shape index (κ1) is 25.5. The largest absolute Gasteiger partial charge is 0.497 e. The molecule has 0 spiro atoms. The molecule has 0 fully saturated rings. The minimum atomic E-state index is -0.429. The lowest BCUT2D eigenvalue weighted by atomic mass is 10.1. The number of esters is 1. The van der Waals surface area contributed by atoms with Gasteiger partial charge in [0.15, 0.2) is 5.16 Å². The van der Waals surface area contributed by atoms with Gasteiger partial charge < -0.3 is 19.4 Å². The van der Waals surface area contributed by atoms with Gasteiger partial charge in [0.1, 0.15) is 16.6 Å². The molecule has 8 nitrogen and oxygen atoms in total. The van der Waals surface area contributed by atoms with Crippen LogP contribution in [0.1, 0.15) is 39.1 Å². The lowest BCUT2D eigenvalue weighted by molar-refractivity contribution is -0.113. The Balaban J connectivity index is 1.69. The van der Waals surface area contributed by atoms with E-state index in [0.717, 1.165) is 27.6 Å². The van der Waals surface area contributed by atoms with Crippen LogP contribution < -0.4 is 10.1 Å². The van der Waals surface area contributed by atoms with Crippen LogP contribution in [0.25, 0.3) is 0 Å². The number of rotatable bonds is 11. The number of ether oxygens (including phenoxy) is 2. The third-order valence-corrected chi connectivity index (χ3v) is 7.17. The molecule has 0 saturated heterocycles. The molecule has 0 bridgehead atoms. The summed E-state index contributed by atoms with van der Waals surface area (Å²) in [5.74, 6) is 1.03. The summed E-state index contributed by atoms with van der Waals surface area (Å²) >= 11 is 2.65. The zero-order chi connectivity index (χ0) is 24.7. The first-order valence-electron chi connectivity index (χ1n) is 10.7. The lowest BCUT2D eigenvalue weighted by Crippen LogP contribution is -2.17. The molecule has 0 aliphatic rings. The van der Waals surface area contributed by atoms with Gasteiger partial charge in [-0.25, -0.2) is 4.79 Å². The number of amides is 1. The summed E-state index contributed by atoms with van der Waals surface area (Å²) in [6, 6.07) is 7.78. The summed E-state index contributed by atoms with van der Waals surface area (Å²) in [7, 11) is 1.63. The maximum atomic E-state index is 12.7. The number of nitrogens with one attached hydrogen (secondary N) is 1. The highest BCUT2D eigenvalue weighted by atomic mass is 32.2. The van der Waals surface area contributed by atoms with Crippen LogP contribution in [0.5, 0.6) is 5.75 Å². The zero-order valence-corrected chi connectivity index (χ0v) is 21.3. The molecular weight excluding hydrogens is 472 g/mol. The second-order valence-corrected chi connectivity index (χ2v) is 9.53. The molecule has 180 valence electrons. The summed E-state index contributed by atoms with van der Waals surface area (Å²) in [5, 5.41) is 12.6. The normalized spacial score (nSPS) is 10.7. The lowest BCUT2D eigenvalue weighted by Gasteiger charge is -2.09. The van der Waals surface area contributed by atoms with Crippen molar-refractivity contribution in [2.75, 3.05) is 24.8 Å². The summed E-state index contributed by atoms with van der Waals surface area (Å²) in [4.78, 5) is 26.0. The van der Waals surface area contributed by atoms with Gasteiger partial charge >= 0.3 is 5.97 Å². The summed E-state index contributed by atoms with van der Waals surface area (Å²) < 4.78 is 12.3. The molecule has 0 unspecified atom stereocenters. The number of nitrogens with zero attached hydrogens (tertiary/aromatic N) is 3. The van der Waals surface area contributed by atoms with E-state index in [1.165, 1.54) is 23.1 Å². The topological polar surface area (TPSA) is 95.3 Å². The summed E-state index contributed by atoms with van der Waals surface area (Å²) in [5.41, 5.74) is 2.31. The Morgan fingerprint density at radius 1 is 1.24 bits per heavy atom. The van der Waals surface area contributed by atoms with Gasteiger partial charge in [0, 0.05) is 17.8 Å². The Labute approximate surface area is 207 Å². The quantitative estimate of drug-likeness (QED) is 0.233. The Hall–Kier alpha value is -3.11. The number of anilines is 1. The third-order valence-electron chi connectivity index (χ3n) is 5.08. The highest BCUT2D eigenvalue weighted by Gasteiger charge is 2.22. The second-order valence-electron chi connectivity index (χ2n) is 7.37. The molecule has 0 radical (unpaired) electrons. The van der Waals surface area contributed by atoms with Crippen molar-refractivity contribution < 1.29 is 19.1 Å². The molecule has 0 atom stereocenters. The number of carbonyl (C=O) groups excluding carboxylic acids is 2. The maximum Gasteiger partial charge on any atom is 0.341 e. The molecule has 3 rings (SSSR count). The number of carbonyl (C=O) groups is 2. The van der Waals surface area contributed by atoms with Crippen molar-refractivity contribution in [3.05, 3.63) is 64.3 Å². The predicted octanol–water partition coefficient (Wildman–Crippen LogP) is 4.65. The van der Waals surface area contributed by atoms with E-state index in [-0.39, 0.29) is 18.3 Å². The van der Waals surface area contributed by atoms with E-state index in [2.05, 4.69) is 22.1 Å². The Kier molecular flexibility index (Phi) is 8.89.